The normalized spacial score (nSPS) is 17.1. The van der Waals surface area contributed by atoms with Crippen LogP contribution >= 0.6 is 23.2 Å². The van der Waals surface area contributed by atoms with E-state index in [-0.39, 0.29) is 0 Å². The molecule has 1 aromatic heterocycles. The number of pyridine rings is 1. The summed E-state index contributed by atoms with van der Waals surface area (Å²) >= 11 is 12.6. The first-order chi connectivity index (χ1) is 13.6. The number of fused-ring (bicyclic) bond motifs is 1. The molecule has 0 unspecified atom stereocenters. The van der Waals surface area contributed by atoms with E-state index in [1.165, 1.54) is 36.8 Å². The molecule has 0 spiro atoms. The van der Waals surface area contributed by atoms with Crippen molar-refractivity contribution >= 4 is 28.9 Å². The van der Waals surface area contributed by atoms with Crippen molar-refractivity contribution in [1.82, 2.24) is 4.98 Å². The molecule has 2 aromatic rings. The molecule has 28 heavy (non-hydrogen) atoms. The van der Waals surface area contributed by atoms with Crippen molar-refractivity contribution in [2.24, 2.45) is 5.92 Å². The van der Waals surface area contributed by atoms with Crippen LogP contribution in [-0.2, 0) is 19.3 Å². The highest BCUT2D eigenvalue weighted by Crippen LogP contribution is 2.36. The second-order valence-corrected chi connectivity index (χ2v) is 8.50. The molecular weight excluding hydrogens is 395 g/mol. The van der Waals surface area contributed by atoms with Crippen LogP contribution < -0.4 is 4.74 Å². The Morgan fingerprint density at radius 1 is 1.14 bits per heavy atom. The number of hydrogen-bond acceptors (Lipinski definition) is 3. The van der Waals surface area contributed by atoms with Crippen LogP contribution in [0.2, 0.25) is 10.0 Å². The zero-order valence-electron chi connectivity index (χ0n) is 16.0. The minimum Gasteiger partial charge on any atom is -0.624 e. The van der Waals surface area contributed by atoms with Gasteiger partial charge in [-0.2, -0.15) is 0 Å². The van der Waals surface area contributed by atoms with E-state index >= 15 is 0 Å². The molecule has 0 amide bonds. The van der Waals surface area contributed by atoms with Crippen LogP contribution in [-0.4, -0.2) is 29.1 Å². The first kappa shape index (κ1) is 19.5. The number of rotatable bonds is 5. The number of nitrogens with zero attached hydrogens (tertiary/aromatic N) is 2. The Hall–Kier alpha value is -1.78. The number of methoxy groups -OCH3 is 1. The van der Waals surface area contributed by atoms with E-state index in [9.17, 15) is 5.21 Å². The molecule has 4 rings (SSSR count). The third-order valence-electron chi connectivity index (χ3n) is 6.05. The Kier molecular flexibility index (Phi) is 5.79. The fourth-order valence-electron chi connectivity index (χ4n) is 4.59. The predicted molar refractivity (Wildman–Crippen MR) is 113 cm³/mol. The largest absolute Gasteiger partial charge is 0.624 e. The predicted octanol–water partition coefficient (Wildman–Crippen LogP) is 5.23. The first-order valence-electron chi connectivity index (χ1n) is 9.86. The molecule has 0 saturated heterocycles. The lowest BCUT2D eigenvalue weighted by Gasteiger charge is -2.25. The zero-order chi connectivity index (χ0) is 19.7. The van der Waals surface area contributed by atoms with Crippen LogP contribution in [0.1, 0.15) is 47.9 Å². The molecule has 0 N–H and O–H groups in total. The summed E-state index contributed by atoms with van der Waals surface area (Å²) in [7, 11) is 1.73. The van der Waals surface area contributed by atoms with Crippen molar-refractivity contribution < 1.29 is 9.48 Å². The van der Waals surface area contributed by atoms with Gasteiger partial charge >= 0.3 is 0 Å². The van der Waals surface area contributed by atoms with Crippen LogP contribution in [0.5, 0.6) is 5.75 Å². The fourth-order valence-corrected chi connectivity index (χ4v) is 5.08. The van der Waals surface area contributed by atoms with Gasteiger partial charge in [0.2, 0.25) is 0 Å². The molecule has 0 atom stereocenters. The van der Waals surface area contributed by atoms with Gasteiger partial charge in [0, 0.05) is 29.9 Å². The van der Waals surface area contributed by atoms with Gasteiger partial charge in [-0.3, -0.25) is 4.98 Å². The SMILES string of the molecule is COc1ccc2c(c1CC1CCCC1)CC[N+]([O-])=C2Cc1c(Cl)cncc1Cl. The topological polar surface area (TPSA) is 48.2 Å². The van der Waals surface area contributed by atoms with E-state index in [0.29, 0.717) is 34.6 Å². The molecule has 4 nitrogen and oxygen atoms in total. The third kappa shape index (κ3) is 3.72. The summed E-state index contributed by atoms with van der Waals surface area (Å²) < 4.78 is 6.77. The number of hydrogen-bond donors (Lipinski definition) is 0. The lowest BCUT2D eigenvalue weighted by Crippen LogP contribution is -2.29. The van der Waals surface area contributed by atoms with Crippen LogP contribution in [0.4, 0.5) is 0 Å². The smallest absolute Gasteiger partial charge is 0.199 e. The summed E-state index contributed by atoms with van der Waals surface area (Å²) in [6.45, 7) is 0.438. The molecule has 2 heterocycles. The number of halogens is 2. The van der Waals surface area contributed by atoms with Gasteiger partial charge in [0.05, 0.1) is 23.6 Å². The van der Waals surface area contributed by atoms with Gasteiger partial charge in [0.15, 0.2) is 12.3 Å². The highest BCUT2D eigenvalue weighted by Gasteiger charge is 2.29. The number of ether oxygens (including phenoxy) is 1. The highest BCUT2D eigenvalue weighted by atomic mass is 35.5. The molecule has 1 aliphatic heterocycles. The van der Waals surface area contributed by atoms with E-state index < -0.39 is 0 Å². The van der Waals surface area contributed by atoms with Gasteiger partial charge in [0.1, 0.15) is 5.75 Å². The molecule has 148 valence electrons. The Balaban J connectivity index is 1.75. The maximum absolute atomic E-state index is 12.7. The molecule has 1 saturated carbocycles. The molecule has 1 aromatic carbocycles. The second kappa shape index (κ2) is 8.30. The van der Waals surface area contributed by atoms with Crippen molar-refractivity contribution in [3.8, 4) is 5.75 Å². The molecule has 1 aliphatic carbocycles. The Morgan fingerprint density at radius 3 is 2.54 bits per heavy atom. The van der Waals surface area contributed by atoms with E-state index in [0.717, 1.165) is 34.5 Å². The van der Waals surface area contributed by atoms with Gasteiger partial charge < -0.3 is 9.94 Å². The molecule has 0 radical (unpaired) electrons. The van der Waals surface area contributed by atoms with Crippen molar-refractivity contribution in [2.75, 3.05) is 13.7 Å². The minimum atomic E-state index is 0.395. The van der Waals surface area contributed by atoms with E-state index in [2.05, 4.69) is 4.98 Å². The van der Waals surface area contributed by atoms with Gasteiger partial charge in [0.25, 0.3) is 0 Å². The van der Waals surface area contributed by atoms with Crippen LogP contribution in [0.25, 0.3) is 0 Å². The maximum Gasteiger partial charge on any atom is 0.199 e. The Labute approximate surface area is 175 Å². The highest BCUT2D eigenvalue weighted by molar-refractivity contribution is 6.36. The van der Waals surface area contributed by atoms with Crippen LogP contribution in [0.3, 0.4) is 0 Å². The molecule has 1 fully saturated rings. The van der Waals surface area contributed by atoms with E-state index in [1.54, 1.807) is 19.5 Å². The van der Waals surface area contributed by atoms with Crippen LogP contribution in [0, 0.1) is 11.1 Å². The standard InChI is InChI=1S/C22H24Cl2N2O2/c1-28-22-7-6-16-15(17(22)10-14-4-2-3-5-14)8-9-26(27)21(16)11-18-19(23)12-25-13-20(18)24/h6-7,12-14H,2-5,8-11H2,1H3. The molecular formula is C22H24Cl2N2O2. The van der Waals surface area contributed by atoms with Crippen molar-refractivity contribution in [3.63, 3.8) is 0 Å². The summed E-state index contributed by atoms with van der Waals surface area (Å²) in [5, 5.41) is 13.7. The van der Waals surface area contributed by atoms with Gasteiger partial charge in [-0.1, -0.05) is 48.9 Å². The van der Waals surface area contributed by atoms with Crippen molar-refractivity contribution in [3.05, 3.63) is 62.0 Å². The molecule has 2 aliphatic rings. The van der Waals surface area contributed by atoms with Gasteiger partial charge in [-0.05, 0) is 35.6 Å². The average Bonchev–Trinajstić information content (AvgIpc) is 3.19. The zero-order valence-corrected chi connectivity index (χ0v) is 17.5. The molecule has 6 heteroatoms. The van der Waals surface area contributed by atoms with Crippen molar-refractivity contribution in [2.45, 2.75) is 44.9 Å². The average molecular weight is 419 g/mol. The summed E-state index contributed by atoms with van der Waals surface area (Å²) in [4.78, 5) is 4.01. The lowest BCUT2D eigenvalue weighted by molar-refractivity contribution is -0.459. The fraction of sp³-hybridized carbons (Fsp3) is 0.455. The minimum absolute atomic E-state index is 0.395. The number of aromatic nitrogens is 1. The number of benzene rings is 1. The summed E-state index contributed by atoms with van der Waals surface area (Å²) in [6.07, 6.45) is 10.5. The Morgan fingerprint density at radius 2 is 1.86 bits per heavy atom. The maximum atomic E-state index is 12.7. The third-order valence-corrected chi connectivity index (χ3v) is 6.70. The number of hydroxylamine groups is 1. The Bertz CT molecular complexity index is 901. The molecule has 0 bridgehead atoms. The van der Waals surface area contributed by atoms with Gasteiger partial charge in [-0.15, -0.1) is 0 Å². The van der Waals surface area contributed by atoms with E-state index in [4.69, 9.17) is 27.9 Å². The lowest BCUT2D eigenvalue weighted by atomic mass is 9.85. The van der Waals surface area contributed by atoms with Crippen LogP contribution in [0.15, 0.2) is 24.5 Å². The quantitative estimate of drug-likeness (QED) is 0.493. The van der Waals surface area contributed by atoms with Crippen molar-refractivity contribution in [1.29, 1.82) is 0 Å². The van der Waals surface area contributed by atoms with Gasteiger partial charge in [-0.25, -0.2) is 4.74 Å². The second-order valence-electron chi connectivity index (χ2n) is 7.68. The van der Waals surface area contributed by atoms with E-state index in [1.807, 2.05) is 12.1 Å². The first-order valence-corrected chi connectivity index (χ1v) is 10.6. The monoisotopic (exact) mass is 418 g/mol. The summed E-state index contributed by atoms with van der Waals surface area (Å²) in [5.41, 5.74) is 4.97. The summed E-state index contributed by atoms with van der Waals surface area (Å²) in [6, 6.07) is 4.01. The summed E-state index contributed by atoms with van der Waals surface area (Å²) in [5.74, 6) is 1.64.